The van der Waals surface area contributed by atoms with Gasteiger partial charge in [0.05, 0.1) is 18.7 Å². The van der Waals surface area contributed by atoms with Crippen LogP contribution in [-0.4, -0.2) is 32.7 Å². The van der Waals surface area contributed by atoms with Gasteiger partial charge in [-0.3, -0.25) is 4.79 Å². The van der Waals surface area contributed by atoms with Crippen molar-refractivity contribution < 1.29 is 9.53 Å². The fourth-order valence-electron chi connectivity index (χ4n) is 2.20. The molecular formula is C17H17N5O2. The number of ether oxygens (including phenoxy) is 1. The lowest BCUT2D eigenvalue weighted by molar-refractivity contribution is -0.116. The molecule has 1 amide bonds. The van der Waals surface area contributed by atoms with E-state index in [1.165, 1.54) is 11.0 Å². The van der Waals surface area contributed by atoms with Gasteiger partial charge < -0.3 is 10.1 Å². The van der Waals surface area contributed by atoms with Gasteiger partial charge in [0, 0.05) is 5.69 Å². The number of hydrogen-bond acceptors (Lipinski definition) is 5. The summed E-state index contributed by atoms with van der Waals surface area (Å²) >= 11 is 0. The highest BCUT2D eigenvalue weighted by Crippen LogP contribution is 2.14. The Kier molecular flexibility index (Phi) is 4.81. The lowest BCUT2D eigenvalue weighted by atomic mass is 10.2. The number of benzene rings is 2. The molecule has 0 aliphatic rings. The minimum Gasteiger partial charge on any atom is -0.493 e. The Morgan fingerprint density at radius 2 is 2.08 bits per heavy atom. The van der Waals surface area contributed by atoms with Crippen LogP contribution in [0.2, 0.25) is 0 Å². The normalized spacial score (nSPS) is 10.4. The Hall–Kier alpha value is -3.22. The van der Waals surface area contributed by atoms with E-state index in [1.54, 1.807) is 6.07 Å². The first-order chi connectivity index (χ1) is 11.7. The summed E-state index contributed by atoms with van der Waals surface area (Å²) in [7, 11) is 0. The van der Waals surface area contributed by atoms with Gasteiger partial charge in [0.25, 0.3) is 0 Å². The topological polar surface area (TPSA) is 81.9 Å². The standard InChI is InChI=1S/C17H17N5O2/c1-13-4-2-7-16(10-13)24-9-8-17(23)19-14-5-3-6-15(11-14)22-12-18-20-21-22/h2-7,10-12H,8-9H2,1H3,(H,19,23). The number of hydrogen-bond donors (Lipinski definition) is 1. The first kappa shape index (κ1) is 15.7. The monoisotopic (exact) mass is 323 g/mol. The molecule has 0 saturated carbocycles. The zero-order chi connectivity index (χ0) is 16.8. The quantitative estimate of drug-likeness (QED) is 0.753. The van der Waals surface area contributed by atoms with Gasteiger partial charge in [0.2, 0.25) is 5.91 Å². The molecule has 0 bridgehead atoms. The highest BCUT2D eigenvalue weighted by Gasteiger charge is 2.05. The molecule has 0 unspecified atom stereocenters. The fourth-order valence-corrected chi connectivity index (χ4v) is 2.20. The number of nitrogens with zero attached hydrogens (tertiary/aromatic N) is 4. The predicted octanol–water partition coefficient (Wildman–Crippen LogP) is 2.38. The molecule has 3 aromatic rings. The molecule has 7 nitrogen and oxygen atoms in total. The van der Waals surface area contributed by atoms with Crippen molar-refractivity contribution in [2.24, 2.45) is 0 Å². The summed E-state index contributed by atoms with van der Waals surface area (Å²) in [4.78, 5) is 12.0. The average molecular weight is 323 g/mol. The summed E-state index contributed by atoms with van der Waals surface area (Å²) in [5.41, 5.74) is 2.58. The molecule has 122 valence electrons. The van der Waals surface area contributed by atoms with Gasteiger partial charge in [-0.25, -0.2) is 4.68 Å². The summed E-state index contributed by atoms with van der Waals surface area (Å²) in [5, 5.41) is 13.8. The van der Waals surface area contributed by atoms with Crippen LogP contribution in [-0.2, 0) is 4.79 Å². The summed E-state index contributed by atoms with van der Waals surface area (Å²) in [5.74, 6) is 0.653. The molecule has 7 heteroatoms. The molecule has 1 aromatic heterocycles. The number of aromatic nitrogens is 4. The Morgan fingerprint density at radius 1 is 1.21 bits per heavy atom. The molecule has 0 spiro atoms. The van der Waals surface area contributed by atoms with Gasteiger partial charge in [-0.15, -0.1) is 5.10 Å². The summed E-state index contributed by atoms with van der Waals surface area (Å²) in [6.45, 7) is 2.32. The van der Waals surface area contributed by atoms with E-state index < -0.39 is 0 Å². The SMILES string of the molecule is Cc1cccc(OCCC(=O)Nc2cccc(-n3cnnn3)c2)c1. The van der Waals surface area contributed by atoms with E-state index in [1.807, 2.05) is 49.4 Å². The van der Waals surface area contributed by atoms with Gasteiger partial charge >= 0.3 is 0 Å². The van der Waals surface area contributed by atoms with Crippen LogP contribution < -0.4 is 10.1 Å². The largest absolute Gasteiger partial charge is 0.493 e. The smallest absolute Gasteiger partial charge is 0.227 e. The Bertz CT molecular complexity index is 817. The molecule has 1 N–H and O–H groups in total. The van der Waals surface area contributed by atoms with Crippen molar-refractivity contribution in [2.45, 2.75) is 13.3 Å². The Morgan fingerprint density at radius 3 is 2.88 bits per heavy atom. The van der Waals surface area contributed by atoms with E-state index >= 15 is 0 Å². The third-order valence-electron chi connectivity index (χ3n) is 3.33. The van der Waals surface area contributed by atoms with Crippen LogP contribution >= 0.6 is 0 Å². The predicted molar refractivity (Wildman–Crippen MR) is 89.1 cm³/mol. The molecule has 2 aromatic carbocycles. The molecule has 0 saturated heterocycles. The van der Waals surface area contributed by atoms with Crippen LogP contribution in [0.3, 0.4) is 0 Å². The highest BCUT2D eigenvalue weighted by molar-refractivity contribution is 5.91. The van der Waals surface area contributed by atoms with Gasteiger partial charge in [0.1, 0.15) is 12.1 Å². The number of carbonyl (C=O) groups is 1. The first-order valence-electron chi connectivity index (χ1n) is 7.53. The number of carbonyl (C=O) groups excluding carboxylic acids is 1. The fraction of sp³-hybridized carbons (Fsp3) is 0.176. The van der Waals surface area contributed by atoms with E-state index in [-0.39, 0.29) is 12.3 Å². The van der Waals surface area contributed by atoms with Crippen LogP contribution in [0.25, 0.3) is 5.69 Å². The number of aryl methyl sites for hydroxylation is 1. The molecule has 0 radical (unpaired) electrons. The zero-order valence-electron chi connectivity index (χ0n) is 13.2. The number of rotatable bonds is 6. The lowest BCUT2D eigenvalue weighted by Crippen LogP contribution is -2.15. The summed E-state index contributed by atoms with van der Waals surface area (Å²) in [6.07, 6.45) is 1.76. The van der Waals surface area contributed by atoms with E-state index in [0.717, 1.165) is 17.0 Å². The lowest BCUT2D eigenvalue weighted by Gasteiger charge is -2.09. The van der Waals surface area contributed by atoms with Crippen molar-refractivity contribution in [1.29, 1.82) is 0 Å². The molecule has 1 heterocycles. The highest BCUT2D eigenvalue weighted by atomic mass is 16.5. The van der Waals surface area contributed by atoms with Gasteiger partial charge in [-0.1, -0.05) is 18.2 Å². The zero-order valence-corrected chi connectivity index (χ0v) is 13.2. The second kappa shape index (κ2) is 7.36. The second-order valence-electron chi connectivity index (χ2n) is 5.27. The van der Waals surface area contributed by atoms with Crippen molar-refractivity contribution in [3.8, 4) is 11.4 Å². The molecular weight excluding hydrogens is 306 g/mol. The van der Waals surface area contributed by atoms with Gasteiger partial charge in [0.15, 0.2) is 0 Å². The van der Waals surface area contributed by atoms with E-state index in [2.05, 4.69) is 20.8 Å². The molecule has 3 rings (SSSR count). The maximum absolute atomic E-state index is 12.0. The average Bonchev–Trinajstić information content (AvgIpc) is 3.10. The summed E-state index contributed by atoms with van der Waals surface area (Å²) < 4.78 is 7.11. The van der Waals surface area contributed by atoms with E-state index in [0.29, 0.717) is 12.3 Å². The van der Waals surface area contributed by atoms with Crippen LogP contribution in [0, 0.1) is 6.92 Å². The van der Waals surface area contributed by atoms with Crippen molar-refractivity contribution in [1.82, 2.24) is 20.2 Å². The number of amides is 1. The number of nitrogens with one attached hydrogen (secondary N) is 1. The van der Waals surface area contributed by atoms with Gasteiger partial charge in [-0.05, 0) is 53.2 Å². The van der Waals surface area contributed by atoms with E-state index in [9.17, 15) is 4.79 Å². The maximum Gasteiger partial charge on any atom is 0.227 e. The minimum absolute atomic E-state index is 0.114. The maximum atomic E-state index is 12.0. The van der Waals surface area contributed by atoms with Gasteiger partial charge in [-0.2, -0.15) is 0 Å². The van der Waals surface area contributed by atoms with Crippen molar-refractivity contribution >= 4 is 11.6 Å². The summed E-state index contributed by atoms with van der Waals surface area (Å²) in [6, 6.07) is 15.0. The van der Waals surface area contributed by atoms with Crippen molar-refractivity contribution in [2.75, 3.05) is 11.9 Å². The van der Waals surface area contributed by atoms with Crippen LogP contribution in [0.5, 0.6) is 5.75 Å². The Labute approximate surface area is 139 Å². The minimum atomic E-state index is -0.114. The molecule has 0 aliphatic heterocycles. The molecule has 0 fully saturated rings. The number of tetrazole rings is 1. The van der Waals surface area contributed by atoms with Crippen molar-refractivity contribution in [3.63, 3.8) is 0 Å². The molecule has 24 heavy (non-hydrogen) atoms. The van der Waals surface area contributed by atoms with Crippen LogP contribution in [0.4, 0.5) is 5.69 Å². The third kappa shape index (κ3) is 4.16. The van der Waals surface area contributed by atoms with Crippen LogP contribution in [0.1, 0.15) is 12.0 Å². The third-order valence-corrected chi connectivity index (χ3v) is 3.33. The van der Waals surface area contributed by atoms with Crippen molar-refractivity contribution in [3.05, 3.63) is 60.4 Å². The van der Waals surface area contributed by atoms with Crippen LogP contribution in [0.15, 0.2) is 54.9 Å². The van der Waals surface area contributed by atoms with E-state index in [4.69, 9.17) is 4.74 Å². The second-order valence-corrected chi connectivity index (χ2v) is 5.27. The Balaban J connectivity index is 1.52. The molecule has 0 atom stereocenters. The number of anilines is 1. The molecule has 0 aliphatic carbocycles. The first-order valence-corrected chi connectivity index (χ1v) is 7.53.